The number of sulfonamides is 1. The van der Waals surface area contributed by atoms with Crippen LogP contribution in [-0.4, -0.2) is 65.3 Å². The molecule has 2 aliphatic rings. The molecule has 0 N–H and O–H groups in total. The number of carbonyl (C=O) groups excluding carboxylic acids is 1. The van der Waals surface area contributed by atoms with Crippen molar-refractivity contribution in [2.45, 2.75) is 12.8 Å². The molecular formula is C22H27N3O4S. The molecule has 30 heavy (non-hydrogen) atoms. The van der Waals surface area contributed by atoms with Crippen LogP contribution in [0.5, 0.6) is 5.75 Å². The number of methoxy groups -OCH3 is 1. The van der Waals surface area contributed by atoms with Gasteiger partial charge in [0.25, 0.3) is 5.91 Å². The monoisotopic (exact) mass is 429 g/mol. The van der Waals surface area contributed by atoms with E-state index in [2.05, 4.69) is 4.90 Å². The van der Waals surface area contributed by atoms with E-state index in [0.29, 0.717) is 30.9 Å². The highest BCUT2D eigenvalue weighted by atomic mass is 32.2. The van der Waals surface area contributed by atoms with Gasteiger partial charge in [-0.3, -0.25) is 9.10 Å². The van der Waals surface area contributed by atoms with E-state index < -0.39 is 10.0 Å². The Morgan fingerprint density at radius 2 is 1.70 bits per heavy atom. The Morgan fingerprint density at radius 1 is 0.967 bits per heavy atom. The topological polar surface area (TPSA) is 70.2 Å². The normalized spacial score (nSPS) is 16.9. The smallest absolute Gasteiger partial charge is 0.253 e. The number of nitrogens with zero attached hydrogens (tertiary/aromatic N) is 3. The zero-order chi connectivity index (χ0) is 21.3. The standard InChI is InChI=1S/C22H27N3O4S/c1-29-21-8-4-3-7-20(21)23-12-14-24(15-13-23)22(26)18-9-10-19-17(16-18)6-5-11-25(19)30(2,27)28/h3-4,7-10,16H,5-6,11-15H2,1-2H3. The maximum atomic E-state index is 13.1. The summed E-state index contributed by atoms with van der Waals surface area (Å²) in [6, 6.07) is 13.3. The molecule has 0 unspecified atom stereocenters. The van der Waals surface area contributed by atoms with Gasteiger partial charge in [0.15, 0.2) is 0 Å². The SMILES string of the molecule is COc1ccccc1N1CCN(C(=O)c2ccc3c(c2)CCCN3S(C)(=O)=O)CC1. The molecular weight excluding hydrogens is 402 g/mol. The molecule has 2 aromatic rings. The Balaban J connectivity index is 1.47. The number of piperazine rings is 1. The maximum absolute atomic E-state index is 13.1. The number of fused-ring (bicyclic) bond motifs is 1. The minimum atomic E-state index is -3.31. The van der Waals surface area contributed by atoms with Crippen LogP contribution in [0.15, 0.2) is 42.5 Å². The van der Waals surface area contributed by atoms with Crippen molar-refractivity contribution in [3.8, 4) is 5.75 Å². The number of carbonyl (C=O) groups is 1. The minimum Gasteiger partial charge on any atom is -0.495 e. The van der Waals surface area contributed by atoms with E-state index in [1.54, 1.807) is 19.2 Å². The highest BCUT2D eigenvalue weighted by molar-refractivity contribution is 7.92. The summed E-state index contributed by atoms with van der Waals surface area (Å²) in [5.74, 6) is 0.830. The molecule has 2 heterocycles. The van der Waals surface area contributed by atoms with E-state index in [9.17, 15) is 13.2 Å². The average Bonchev–Trinajstić information content (AvgIpc) is 2.77. The van der Waals surface area contributed by atoms with E-state index in [1.807, 2.05) is 35.2 Å². The molecule has 0 aromatic heterocycles. The summed E-state index contributed by atoms with van der Waals surface area (Å²) in [4.78, 5) is 17.2. The van der Waals surface area contributed by atoms with Gasteiger partial charge in [-0.2, -0.15) is 0 Å². The fourth-order valence-corrected chi connectivity index (χ4v) is 5.26. The van der Waals surface area contributed by atoms with Crippen LogP contribution in [0.3, 0.4) is 0 Å². The Bertz CT molecular complexity index is 1050. The van der Waals surface area contributed by atoms with Crippen LogP contribution in [0.2, 0.25) is 0 Å². The van der Waals surface area contributed by atoms with Crippen molar-refractivity contribution in [1.29, 1.82) is 0 Å². The summed E-state index contributed by atoms with van der Waals surface area (Å²) in [5.41, 5.74) is 3.28. The number of hydrogen-bond donors (Lipinski definition) is 0. The maximum Gasteiger partial charge on any atom is 0.253 e. The molecule has 2 aliphatic heterocycles. The number of benzene rings is 2. The number of para-hydroxylation sites is 2. The van der Waals surface area contributed by atoms with Crippen molar-refractivity contribution in [3.63, 3.8) is 0 Å². The fourth-order valence-electron chi connectivity index (χ4n) is 4.26. The lowest BCUT2D eigenvalue weighted by Crippen LogP contribution is -2.49. The molecule has 1 saturated heterocycles. The Labute approximate surface area is 177 Å². The summed E-state index contributed by atoms with van der Waals surface area (Å²) >= 11 is 0. The third kappa shape index (κ3) is 3.96. The van der Waals surface area contributed by atoms with E-state index in [1.165, 1.54) is 10.6 Å². The molecule has 1 fully saturated rings. The van der Waals surface area contributed by atoms with Gasteiger partial charge < -0.3 is 14.5 Å². The highest BCUT2D eigenvalue weighted by Gasteiger charge is 2.27. The summed E-state index contributed by atoms with van der Waals surface area (Å²) in [6.45, 7) is 3.22. The van der Waals surface area contributed by atoms with Gasteiger partial charge in [-0.15, -0.1) is 0 Å². The average molecular weight is 430 g/mol. The largest absolute Gasteiger partial charge is 0.495 e. The number of hydrogen-bond acceptors (Lipinski definition) is 5. The first-order valence-electron chi connectivity index (χ1n) is 10.2. The third-order valence-electron chi connectivity index (χ3n) is 5.80. The second kappa shape index (κ2) is 8.18. The first-order valence-corrected chi connectivity index (χ1v) is 12.0. The second-order valence-corrected chi connectivity index (χ2v) is 9.64. The van der Waals surface area contributed by atoms with Crippen LogP contribution in [0, 0.1) is 0 Å². The fraction of sp³-hybridized carbons (Fsp3) is 0.409. The van der Waals surface area contributed by atoms with Gasteiger partial charge in [-0.25, -0.2) is 8.42 Å². The van der Waals surface area contributed by atoms with E-state index in [-0.39, 0.29) is 5.91 Å². The van der Waals surface area contributed by atoms with E-state index in [0.717, 1.165) is 42.9 Å². The van der Waals surface area contributed by atoms with Crippen molar-refractivity contribution >= 4 is 27.3 Å². The minimum absolute atomic E-state index is 0.00560. The van der Waals surface area contributed by atoms with Crippen LogP contribution in [0.25, 0.3) is 0 Å². The molecule has 4 rings (SSSR count). The van der Waals surface area contributed by atoms with Crippen molar-refractivity contribution < 1.29 is 17.9 Å². The van der Waals surface area contributed by atoms with E-state index in [4.69, 9.17) is 4.74 Å². The van der Waals surface area contributed by atoms with Gasteiger partial charge in [0.2, 0.25) is 10.0 Å². The molecule has 160 valence electrons. The number of ether oxygens (including phenoxy) is 1. The summed E-state index contributed by atoms with van der Waals surface area (Å²) in [6.07, 6.45) is 2.77. The quantitative estimate of drug-likeness (QED) is 0.746. The predicted molar refractivity (Wildman–Crippen MR) is 118 cm³/mol. The highest BCUT2D eigenvalue weighted by Crippen LogP contribution is 2.31. The molecule has 0 spiro atoms. The van der Waals surface area contributed by atoms with E-state index >= 15 is 0 Å². The Hall–Kier alpha value is -2.74. The van der Waals surface area contributed by atoms with Gasteiger partial charge in [-0.1, -0.05) is 12.1 Å². The number of amides is 1. The molecule has 7 nitrogen and oxygen atoms in total. The van der Waals surface area contributed by atoms with Crippen molar-refractivity contribution in [1.82, 2.24) is 4.90 Å². The number of anilines is 2. The van der Waals surface area contributed by atoms with Crippen LogP contribution < -0.4 is 13.9 Å². The lowest BCUT2D eigenvalue weighted by atomic mass is 10.00. The zero-order valence-electron chi connectivity index (χ0n) is 17.4. The van der Waals surface area contributed by atoms with Crippen LogP contribution in [-0.2, 0) is 16.4 Å². The summed E-state index contributed by atoms with van der Waals surface area (Å²) in [7, 11) is -1.64. The van der Waals surface area contributed by atoms with Crippen LogP contribution in [0.1, 0.15) is 22.3 Å². The van der Waals surface area contributed by atoms with Crippen molar-refractivity contribution in [2.24, 2.45) is 0 Å². The summed E-state index contributed by atoms with van der Waals surface area (Å²) in [5, 5.41) is 0. The van der Waals surface area contributed by atoms with Crippen molar-refractivity contribution in [3.05, 3.63) is 53.6 Å². The molecule has 0 radical (unpaired) electrons. The lowest BCUT2D eigenvalue weighted by Gasteiger charge is -2.37. The first kappa shape index (κ1) is 20.5. The molecule has 2 aromatic carbocycles. The predicted octanol–water partition coefficient (Wildman–Crippen LogP) is 2.37. The first-order chi connectivity index (χ1) is 14.4. The molecule has 0 bridgehead atoms. The molecule has 1 amide bonds. The third-order valence-corrected chi connectivity index (χ3v) is 6.98. The molecule has 8 heteroatoms. The second-order valence-electron chi connectivity index (χ2n) is 7.73. The molecule has 0 atom stereocenters. The van der Waals surface area contributed by atoms with Gasteiger partial charge in [0.1, 0.15) is 5.75 Å². The Morgan fingerprint density at radius 3 is 2.40 bits per heavy atom. The van der Waals surface area contributed by atoms with Gasteiger partial charge in [-0.05, 0) is 48.7 Å². The van der Waals surface area contributed by atoms with Gasteiger partial charge >= 0.3 is 0 Å². The number of aryl methyl sites for hydroxylation is 1. The van der Waals surface area contributed by atoms with Crippen LogP contribution >= 0.6 is 0 Å². The molecule has 0 saturated carbocycles. The van der Waals surface area contributed by atoms with Gasteiger partial charge in [0.05, 0.1) is 24.7 Å². The zero-order valence-corrected chi connectivity index (χ0v) is 18.2. The van der Waals surface area contributed by atoms with Crippen molar-refractivity contribution in [2.75, 3.05) is 55.3 Å². The molecule has 0 aliphatic carbocycles. The van der Waals surface area contributed by atoms with Crippen LogP contribution in [0.4, 0.5) is 11.4 Å². The summed E-state index contributed by atoms with van der Waals surface area (Å²) < 4.78 is 31.0. The Kier molecular flexibility index (Phi) is 5.60. The van der Waals surface area contributed by atoms with Gasteiger partial charge in [0, 0.05) is 38.3 Å². The number of rotatable bonds is 4. The lowest BCUT2D eigenvalue weighted by molar-refractivity contribution is 0.0746.